The lowest BCUT2D eigenvalue weighted by Crippen LogP contribution is -2.23. The molecule has 62 heavy (non-hydrogen) atoms. The molecule has 2 nitrogen and oxygen atoms in total. The minimum Gasteiger partial charge on any atom is -0.240 e. The molecule has 1 aromatic heterocycles. The summed E-state index contributed by atoms with van der Waals surface area (Å²) in [5, 5.41) is 0.826. The van der Waals surface area contributed by atoms with Gasteiger partial charge in [-0.1, -0.05) is 313 Å². The summed E-state index contributed by atoms with van der Waals surface area (Å²) in [7, 11) is 6.51. The number of aromatic nitrogens is 2. The van der Waals surface area contributed by atoms with Crippen molar-refractivity contribution in [2.75, 3.05) is 5.75 Å². The first kappa shape index (κ1) is 59.9. The van der Waals surface area contributed by atoms with E-state index in [1.807, 2.05) is 0 Å². The monoisotopic (exact) mass is 904 g/mol. The Morgan fingerprint density at radius 3 is 1.19 bits per heavy atom. The molecule has 0 saturated heterocycles. The number of nitrogens with zero attached hydrogens (tertiary/aromatic N) is 2. The van der Waals surface area contributed by atoms with Crippen LogP contribution >= 0.6 is 21.6 Å². The van der Waals surface area contributed by atoms with Gasteiger partial charge in [-0.25, -0.2) is 9.13 Å². The lowest BCUT2D eigenvalue weighted by Gasteiger charge is -2.20. The molecule has 0 fully saturated rings. The van der Waals surface area contributed by atoms with Gasteiger partial charge in [-0.3, -0.25) is 0 Å². The van der Waals surface area contributed by atoms with Gasteiger partial charge in [0.05, 0.1) is 13.6 Å². The molecule has 0 aliphatic heterocycles. The molecule has 0 aliphatic carbocycles. The second-order valence-corrected chi connectivity index (χ2v) is 24.0. The Morgan fingerprint density at radius 1 is 0.419 bits per heavy atom. The van der Waals surface area contributed by atoms with Gasteiger partial charge in [-0.2, -0.15) is 0 Å². The fourth-order valence-electron chi connectivity index (χ4n) is 9.85. The van der Waals surface area contributed by atoms with Gasteiger partial charge in [-0.15, -0.1) is 0 Å². The zero-order chi connectivity index (χ0) is 44.8. The summed E-state index contributed by atoms with van der Waals surface area (Å²) in [6, 6.07) is 0. The second-order valence-electron chi connectivity index (χ2n) is 21.2. The Hall–Kier alpha value is -0.0900. The van der Waals surface area contributed by atoms with E-state index in [2.05, 4.69) is 91.1 Å². The Balaban J connectivity index is 2.40. The first-order valence-electron chi connectivity index (χ1n) is 28.7. The molecule has 2 atom stereocenters. The predicted molar refractivity (Wildman–Crippen MR) is 287 cm³/mol. The number of hydrogen-bond donors (Lipinski definition) is 0. The lowest BCUT2D eigenvalue weighted by atomic mass is 9.89. The SMILES string of the molecule is CCCCCCCCCCCCCCCCCCC(CCCCCCCCCCCCCCCCCC)CCCCC(CCC(C)CCCC(C)C)SSCCn1cc[n+](C)c1. The van der Waals surface area contributed by atoms with Crippen molar-refractivity contribution in [3.8, 4) is 0 Å². The third-order valence-corrected chi connectivity index (χ3v) is 17.2. The minimum absolute atomic E-state index is 0.826. The van der Waals surface area contributed by atoms with Crippen molar-refractivity contribution < 1.29 is 4.57 Å². The molecule has 1 heterocycles. The van der Waals surface area contributed by atoms with Gasteiger partial charge in [0.1, 0.15) is 12.4 Å². The van der Waals surface area contributed by atoms with E-state index in [9.17, 15) is 0 Å². The molecule has 0 amide bonds. The van der Waals surface area contributed by atoms with E-state index in [1.54, 1.807) is 0 Å². The van der Waals surface area contributed by atoms with Crippen LogP contribution in [0.3, 0.4) is 0 Å². The number of unbranched alkanes of at least 4 members (excludes halogenated alkanes) is 31. The minimum atomic E-state index is 0.826. The normalized spacial score (nSPS) is 13.0. The van der Waals surface area contributed by atoms with Gasteiger partial charge >= 0.3 is 0 Å². The summed E-state index contributed by atoms with van der Waals surface area (Å²) in [6.07, 6.45) is 69.7. The molecular weight excluding hydrogens is 789 g/mol. The fraction of sp³-hybridized carbons (Fsp3) is 0.948. The van der Waals surface area contributed by atoms with E-state index < -0.39 is 0 Å². The van der Waals surface area contributed by atoms with Crippen molar-refractivity contribution >= 4 is 21.6 Å². The molecule has 0 N–H and O–H groups in total. The quantitative estimate of drug-likeness (QED) is 0.0366. The molecular formula is C58H115N2S2+. The van der Waals surface area contributed by atoms with Gasteiger partial charge in [0.25, 0.3) is 0 Å². The maximum atomic E-state index is 2.53. The first-order chi connectivity index (χ1) is 30.4. The van der Waals surface area contributed by atoms with Gasteiger partial charge in [0.2, 0.25) is 6.33 Å². The van der Waals surface area contributed by atoms with E-state index >= 15 is 0 Å². The number of hydrogen-bond acceptors (Lipinski definition) is 2. The summed E-state index contributed by atoms with van der Waals surface area (Å²) in [4.78, 5) is 0. The largest absolute Gasteiger partial charge is 0.243 e. The molecule has 4 heteroatoms. The summed E-state index contributed by atoms with van der Waals surface area (Å²) < 4.78 is 4.51. The van der Waals surface area contributed by atoms with Crippen LogP contribution in [-0.4, -0.2) is 15.6 Å². The zero-order valence-electron chi connectivity index (χ0n) is 43.6. The van der Waals surface area contributed by atoms with Crippen LogP contribution in [0.25, 0.3) is 0 Å². The van der Waals surface area contributed by atoms with Gasteiger partial charge in [-0.05, 0) is 37.0 Å². The third kappa shape index (κ3) is 42.5. The third-order valence-electron chi connectivity index (χ3n) is 14.2. The molecule has 0 saturated carbocycles. The topological polar surface area (TPSA) is 8.81 Å². The molecule has 0 radical (unpaired) electrons. The second kappa shape index (κ2) is 47.4. The number of imidazole rings is 1. The van der Waals surface area contributed by atoms with E-state index in [-0.39, 0.29) is 0 Å². The Kier molecular flexibility index (Phi) is 45.8. The van der Waals surface area contributed by atoms with Gasteiger partial charge in [0, 0.05) is 11.0 Å². The van der Waals surface area contributed by atoms with Crippen LogP contribution in [0.2, 0.25) is 0 Å². The molecule has 2 unspecified atom stereocenters. The summed E-state index contributed by atoms with van der Waals surface area (Å²) in [5.74, 6) is 3.92. The molecule has 1 aromatic rings. The smallest absolute Gasteiger partial charge is 0.240 e. The van der Waals surface area contributed by atoms with Crippen LogP contribution in [0.4, 0.5) is 0 Å². The predicted octanol–water partition coefficient (Wildman–Crippen LogP) is 20.8. The van der Waals surface area contributed by atoms with Crippen LogP contribution in [0.15, 0.2) is 18.7 Å². The van der Waals surface area contributed by atoms with Crippen LogP contribution in [-0.2, 0) is 13.6 Å². The van der Waals surface area contributed by atoms with Crippen molar-refractivity contribution in [1.29, 1.82) is 0 Å². The fourth-order valence-corrected chi connectivity index (χ4v) is 12.6. The Bertz CT molecular complexity index is 956. The van der Waals surface area contributed by atoms with Crippen molar-refractivity contribution in [2.24, 2.45) is 24.8 Å². The van der Waals surface area contributed by atoms with Crippen LogP contribution in [0.5, 0.6) is 0 Å². The van der Waals surface area contributed by atoms with Gasteiger partial charge < -0.3 is 0 Å². The van der Waals surface area contributed by atoms with Crippen molar-refractivity contribution in [3.63, 3.8) is 0 Å². The number of rotatable bonds is 51. The number of aryl methyl sites for hydroxylation is 2. The Morgan fingerprint density at radius 2 is 0.806 bits per heavy atom. The molecule has 368 valence electrons. The van der Waals surface area contributed by atoms with Crippen LogP contribution < -0.4 is 4.57 Å². The van der Waals surface area contributed by atoms with E-state index in [0.717, 1.165) is 29.5 Å². The van der Waals surface area contributed by atoms with E-state index in [1.165, 1.54) is 282 Å². The van der Waals surface area contributed by atoms with E-state index in [0.29, 0.717) is 0 Å². The van der Waals surface area contributed by atoms with Crippen molar-refractivity contribution in [1.82, 2.24) is 4.57 Å². The van der Waals surface area contributed by atoms with Crippen LogP contribution in [0, 0.1) is 17.8 Å². The van der Waals surface area contributed by atoms with E-state index in [4.69, 9.17) is 0 Å². The maximum Gasteiger partial charge on any atom is 0.243 e. The standard InChI is InChI=1S/C58H115N2S2/c1-7-9-11-13-15-17-19-21-23-25-27-29-31-33-35-37-44-57(45-38-36-34-32-30-28-26-24-22-20-18-16-14-12-10-8-2)46-39-40-47-58(49-48-56(5)43-41-42-55(3)4)62-61-53-52-60-51-50-59(6)54-60/h50-51,54-58H,7-49,52-53H2,1-6H3/q+1. The zero-order valence-corrected chi connectivity index (χ0v) is 45.2. The molecule has 1 rings (SSSR count). The summed E-state index contributed by atoms with van der Waals surface area (Å²) in [6.45, 7) is 13.1. The molecule has 0 aliphatic rings. The molecule has 0 spiro atoms. The maximum absolute atomic E-state index is 2.53. The average molecular weight is 905 g/mol. The highest BCUT2D eigenvalue weighted by Gasteiger charge is 2.15. The molecule has 0 bridgehead atoms. The summed E-state index contributed by atoms with van der Waals surface area (Å²) in [5.41, 5.74) is 0. The Labute approximate surface area is 400 Å². The first-order valence-corrected chi connectivity index (χ1v) is 31.1. The van der Waals surface area contributed by atoms with Gasteiger partial charge in [0.15, 0.2) is 0 Å². The van der Waals surface area contributed by atoms with Crippen molar-refractivity contribution in [2.45, 2.75) is 323 Å². The molecule has 0 aromatic carbocycles. The highest BCUT2D eigenvalue weighted by molar-refractivity contribution is 8.76. The lowest BCUT2D eigenvalue weighted by molar-refractivity contribution is -0.671. The van der Waals surface area contributed by atoms with Crippen molar-refractivity contribution in [3.05, 3.63) is 18.7 Å². The average Bonchev–Trinajstić information content (AvgIpc) is 3.68. The highest BCUT2D eigenvalue weighted by atomic mass is 33.1. The van der Waals surface area contributed by atoms with Crippen LogP contribution in [0.1, 0.15) is 311 Å². The highest BCUT2D eigenvalue weighted by Crippen LogP contribution is 2.35. The summed E-state index contributed by atoms with van der Waals surface area (Å²) >= 11 is 0.